The highest BCUT2D eigenvalue weighted by atomic mass is 32.2. The first-order chi connectivity index (χ1) is 10.1. The van der Waals surface area contributed by atoms with E-state index in [0.717, 1.165) is 0 Å². The van der Waals surface area contributed by atoms with E-state index < -0.39 is 31.7 Å². The Balaban J connectivity index is 2.27. The Morgan fingerprint density at radius 1 is 0.818 bits per heavy atom. The quantitative estimate of drug-likeness (QED) is 0.765. The van der Waals surface area contributed by atoms with Gasteiger partial charge in [0, 0.05) is 12.4 Å². The van der Waals surface area contributed by atoms with E-state index in [0.29, 0.717) is 22.5 Å². The van der Waals surface area contributed by atoms with E-state index in [-0.39, 0.29) is 0 Å². The number of nitrogens with zero attached hydrogens (tertiary/aromatic N) is 2. The summed E-state index contributed by atoms with van der Waals surface area (Å²) in [5, 5.41) is 0. The van der Waals surface area contributed by atoms with Crippen LogP contribution in [0, 0.1) is 0 Å². The van der Waals surface area contributed by atoms with Gasteiger partial charge in [0.15, 0.2) is 0 Å². The number of rotatable bonds is 5. The molecule has 118 valence electrons. The number of aromatic nitrogens is 2. The van der Waals surface area contributed by atoms with Crippen LogP contribution in [0.25, 0.3) is 11.4 Å². The second-order valence-corrected chi connectivity index (χ2v) is 7.46. The SMILES string of the molecule is O=S(=O)(O)Cc1ccc(-c2cc(CS(=O)(=O)O)ccn2)nc1. The molecular weight excluding hydrogens is 332 g/mol. The summed E-state index contributed by atoms with van der Waals surface area (Å²) in [5.74, 6) is -1.08. The summed E-state index contributed by atoms with van der Waals surface area (Å²) in [5.41, 5.74) is 1.42. The van der Waals surface area contributed by atoms with Crippen molar-refractivity contribution in [3.8, 4) is 11.4 Å². The van der Waals surface area contributed by atoms with Gasteiger partial charge in [-0.15, -0.1) is 0 Å². The van der Waals surface area contributed by atoms with Crippen LogP contribution < -0.4 is 0 Å². The zero-order chi connectivity index (χ0) is 16.4. The monoisotopic (exact) mass is 344 g/mol. The van der Waals surface area contributed by atoms with Crippen LogP contribution in [-0.2, 0) is 31.7 Å². The van der Waals surface area contributed by atoms with Crippen molar-refractivity contribution < 1.29 is 25.9 Å². The van der Waals surface area contributed by atoms with Crippen LogP contribution >= 0.6 is 0 Å². The van der Waals surface area contributed by atoms with Crippen molar-refractivity contribution in [1.29, 1.82) is 0 Å². The highest BCUT2D eigenvalue weighted by molar-refractivity contribution is 7.85. The highest BCUT2D eigenvalue weighted by Crippen LogP contribution is 2.17. The molecule has 0 fully saturated rings. The Kier molecular flexibility index (Phi) is 4.56. The molecule has 0 radical (unpaired) electrons. The Bertz CT molecular complexity index is 876. The van der Waals surface area contributed by atoms with Gasteiger partial charge in [-0.1, -0.05) is 6.07 Å². The molecule has 0 saturated heterocycles. The summed E-state index contributed by atoms with van der Waals surface area (Å²) in [7, 11) is -8.28. The van der Waals surface area contributed by atoms with E-state index in [1.165, 1.54) is 36.7 Å². The molecule has 0 atom stereocenters. The molecular formula is C12H12N2O6S2. The third-order valence-electron chi connectivity index (χ3n) is 2.61. The topological polar surface area (TPSA) is 135 Å². The molecule has 0 bridgehead atoms. The summed E-state index contributed by atoms with van der Waals surface area (Å²) < 4.78 is 60.9. The molecule has 2 rings (SSSR count). The van der Waals surface area contributed by atoms with E-state index in [1.54, 1.807) is 0 Å². The summed E-state index contributed by atoms with van der Waals surface area (Å²) >= 11 is 0. The molecule has 8 nitrogen and oxygen atoms in total. The van der Waals surface area contributed by atoms with Crippen molar-refractivity contribution in [2.75, 3.05) is 0 Å². The predicted molar refractivity (Wildman–Crippen MR) is 78.0 cm³/mol. The molecule has 0 amide bonds. The van der Waals surface area contributed by atoms with Crippen molar-refractivity contribution >= 4 is 20.2 Å². The maximum atomic E-state index is 10.9. The lowest BCUT2D eigenvalue weighted by Gasteiger charge is -2.04. The minimum atomic E-state index is -4.15. The van der Waals surface area contributed by atoms with Gasteiger partial charge in [0.1, 0.15) is 11.5 Å². The molecule has 10 heteroatoms. The second-order valence-electron chi connectivity index (χ2n) is 4.55. The lowest BCUT2D eigenvalue weighted by atomic mass is 10.2. The Hall–Kier alpha value is -1.88. The highest BCUT2D eigenvalue weighted by Gasteiger charge is 2.10. The standard InChI is InChI=1S/C12H12N2O6S2/c15-21(16,17)7-9-3-4-13-12(5-9)11-2-1-10(6-14-11)8-22(18,19)20/h1-6H,7-8H2,(H,15,16,17)(H,18,19,20). The summed E-state index contributed by atoms with van der Waals surface area (Å²) in [4.78, 5) is 8.06. The Morgan fingerprint density at radius 2 is 1.45 bits per heavy atom. The first-order valence-corrected chi connectivity index (χ1v) is 9.15. The number of hydrogen-bond acceptors (Lipinski definition) is 6. The normalized spacial score (nSPS) is 12.3. The van der Waals surface area contributed by atoms with Gasteiger partial charge in [0.05, 0.1) is 11.4 Å². The van der Waals surface area contributed by atoms with E-state index in [4.69, 9.17) is 9.11 Å². The fourth-order valence-electron chi connectivity index (χ4n) is 1.79. The van der Waals surface area contributed by atoms with Crippen molar-refractivity contribution in [3.05, 3.63) is 47.8 Å². The molecule has 0 saturated carbocycles. The average Bonchev–Trinajstić information content (AvgIpc) is 2.36. The van der Waals surface area contributed by atoms with Gasteiger partial charge in [0.2, 0.25) is 0 Å². The summed E-state index contributed by atoms with van der Waals surface area (Å²) in [6, 6.07) is 5.87. The maximum Gasteiger partial charge on any atom is 0.269 e. The second kappa shape index (κ2) is 6.08. The average molecular weight is 344 g/mol. The van der Waals surface area contributed by atoms with Crippen molar-refractivity contribution in [3.63, 3.8) is 0 Å². The van der Waals surface area contributed by atoms with Gasteiger partial charge in [-0.25, -0.2) is 0 Å². The van der Waals surface area contributed by atoms with Gasteiger partial charge in [-0.2, -0.15) is 16.8 Å². The fourth-order valence-corrected chi connectivity index (χ4v) is 2.98. The molecule has 2 aromatic heterocycles. The Morgan fingerprint density at radius 3 is 2.00 bits per heavy atom. The maximum absolute atomic E-state index is 10.9. The zero-order valence-corrected chi connectivity index (χ0v) is 12.7. The molecule has 2 aromatic rings. The lowest BCUT2D eigenvalue weighted by molar-refractivity contribution is 0.479. The third kappa shape index (κ3) is 5.15. The lowest BCUT2D eigenvalue weighted by Crippen LogP contribution is -2.03. The number of pyridine rings is 2. The molecule has 0 unspecified atom stereocenters. The van der Waals surface area contributed by atoms with Crippen molar-refractivity contribution in [2.45, 2.75) is 11.5 Å². The van der Waals surface area contributed by atoms with Gasteiger partial charge in [0.25, 0.3) is 20.2 Å². The molecule has 0 aliphatic heterocycles. The largest absolute Gasteiger partial charge is 0.285 e. The Labute approximate surface area is 127 Å². The van der Waals surface area contributed by atoms with Crippen LogP contribution in [0.4, 0.5) is 0 Å². The molecule has 0 spiro atoms. The van der Waals surface area contributed by atoms with Gasteiger partial charge in [-0.05, 0) is 29.3 Å². The van der Waals surface area contributed by atoms with Crippen molar-refractivity contribution in [1.82, 2.24) is 9.97 Å². The molecule has 0 aromatic carbocycles. The smallest absolute Gasteiger partial charge is 0.269 e. The van der Waals surface area contributed by atoms with Crippen LogP contribution in [0.1, 0.15) is 11.1 Å². The molecule has 2 heterocycles. The first-order valence-electron chi connectivity index (χ1n) is 5.93. The van der Waals surface area contributed by atoms with Gasteiger partial charge in [-0.3, -0.25) is 19.1 Å². The van der Waals surface area contributed by atoms with Crippen LogP contribution in [0.15, 0.2) is 36.7 Å². The zero-order valence-electron chi connectivity index (χ0n) is 11.1. The van der Waals surface area contributed by atoms with Crippen LogP contribution in [0.2, 0.25) is 0 Å². The summed E-state index contributed by atoms with van der Waals surface area (Å²) in [6.07, 6.45) is 2.66. The van der Waals surface area contributed by atoms with Crippen LogP contribution in [0.5, 0.6) is 0 Å². The predicted octanol–water partition coefficient (Wildman–Crippen LogP) is 0.919. The van der Waals surface area contributed by atoms with Gasteiger partial charge < -0.3 is 0 Å². The third-order valence-corrected chi connectivity index (χ3v) is 4.01. The van der Waals surface area contributed by atoms with E-state index in [1.807, 2.05) is 0 Å². The van der Waals surface area contributed by atoms with Crippen molar-refractivity contribution in [2.24, 2.45) is 0 Å². The fraction of sp³-hybridized carbons (Fsp3) is 0.167. The molecule has 0 aliphatic carbocycles. The minimum Gasteiger partial charge on any atom is -0.285 e. The molecule has 0 aliphatic rings. The van der Waals surface area contributed by atoms with Crippen LogP contribution in [-0.4, -0.2) is 35.9 Å². The summed E-state index contributed by atoms with van der Waals surface area (Å²) in [6.45, 7) is 0. The van der Waals surface area contributed by atoms with Gasteiger partial charge >= 0.3 is 0 Å². The van der Waals surface area contributed by atoms with Crippen LogP contribution in [0.3, 0.4) is 0 Å². The first kappa shape index (κ1) is 16.5. The number of hydrogen-bond donors (Lipinski definition) is 2. The van der Waals surface area contributed by atoms with E-state index >= 15 is 0 Å². The van der Waals surface area contributed by atoms with E-state index in [2.05, 4.69) is 9.97 Å². The molecule has 22 heavy (non-hydrogen) atoms. The van der Waals surface area contributed by atoms with E-state index in [9.17, 15) is 16.8 Å². The minimum absolute atomic E-state index is 0.306. The molecule has 2 N–H and O–H groups in total.